The number of hydrogen-bond acceptors (Lipinski definition) is 3. The van der Waals surface area contributed by atoms with Gasteiger partial charge in [0.1, 0.15) is 5.75 Å². The molecule has 0 bridgehead atoms. The SMILES string of the molecule is COc1cc(C2(C(=O)N(C)CC3(O)CCCC3)CC2)ccc1C. The summed E-state index contributed by atoms with van der Waals surface area (Å²) in [5.74, 6) is 0.961. The van der Waals surface area contributed by atoms with E-state index in [9.17, 15) is 9.90 Å². The molecule has 0 unspecified atom stereocenters. The number of likely N-dealkylation sites (N-methyl/N-ethyl adjacent to an activating group) is 1. The maximum absolute atomic E-state index is 13.0. The van der Waals surface area contributed by atoms with Crippen LogP contribution in [0.3, 0.4) is 0 Å². The number of aryl methyl sites for hydroxylation is 1. The fourth-order valence-electron chi connectivity index (χ4n) is 3.94. The number of amides is 1. The number of carbonyl (C=O) groups is 1. The van der Waals surface area contributed by atoms with Crippen molar-refractivity contribution in [3.8, 4) is 5.75 Å². The molecule has 4 nitrogen and oxygen atoms in total. The lowest BCUT2D eigenvalue weighted by atomic mass is 9.92. The van der Waals surface area contributed by atoms with Gasteiger partial charge in [-0.2, -0.15) is 0 Å². The van der Waals surface area contributed by atoms with Gasteiger partial charge in [0.05, 0.1) is 18.1 Å². The Bertz CT molecular complexity index is 601. The van der Waals surface area contributed by atoms with Crippen molar-refractivity contribution in [3.63, 3.8) is 0 Å². The molecular formula is C19H27NO3. The molecule has 0 spiro atoms. The van der Waals surface area contributed by atoms with Crippen molar-refractivity contribution in [2.24, 2.45) is 0 Å². The summed E-state index contributed by atoms with van der Waals surface area (Å²) in [5, 5.41) is 10.6. The zero-order valence-electron chi connectivity index (χ0n) is 14.4. The van der Waals surface area contributed by atoms with Crippen LogP contribution in [0.25, 0.3) is 0 Å². The van der Waals surface area contributed by atoms with Crippen LogP contribution in [-0.4, -0.2) is 42.2 Å². The highest BCUT2D eigenvalue weighted by atomic mass is 16.5. The van der Waals surface area contributed by atoms with E-state index < -0.39 is 11.0 Å². The second-order valence-corrected chi connectivity index (χ2v) is 7.36. The summed E-state index contributed by atoms with van der Waals surface area (Å²) < 4.78 is 5.41. The molecule has 2 saturated carbocycles. The Morgan fingerprint density at radius 1 is 1.26 bits per heavy atom. The highest BCUT2D eigenvalue weighted by Crippen LogP contribution is 2.50. The molecule has 1 N–H and O–H groups in total. The third kappa shape index (κ3) is 2.97. The van der Waals surface area contributed by atoms with Gasteiger partial charge in [-0.15, -0.1) is 0 Å². The number of nitrogens with zero attached hydrogens (tertiary/aromatic N) is 1. The van der Waals surface area contributed by atoms with Gasteiger partial charge < -0.3 is 14.7 Å². The van der Waals surface area contributed by atoms with Crippen LogP contribution in [0.5, 0.6) is 5.75 Å². The standard InChI is InChI=1S/C19H27NO3/c1-14-6-7-15(12-16(14)23-3)19(10-11-19)17(21)20(2)13-18(22)8-4-5-9-18/h6-7,12,22H,4-5,8-11,13H2,1-3H3. The van der Waals surface area contributed by atoms with E-state index in [1.807, 2.05) is 32.2 Å². The van der Waals surface area contributed by atoms with Crippen LogP contribution in [-0.2, 0) is 10.2 Å². The Morgan fingerprint density at radius 2 is 1.91 bits per heavy atom. The molecule has 126 valence electrons. The van der Waals surface area contributed by atoms with Gasteiger partial charge in [0.2, 0.25) is 5.91 Å². The molecule has 2 aliphatic rings. The largest absolute Gasteiger partial charge is 0.496 e. The van der Waals surface area contributed by atoms with Gasteiger partial charge in [-0.05, 0) is 49.8 Å². The minimum atomic E-state index is -0.689. The average Bonchev–Trinajstić information content (AvgIpc) is 3.23. The number of methoxy groups -OCH3 is 1. The Kier molecular flexibility index (Phi) is 4.13. The number of carbonyl (C=O) groups excluding carboxylic acids is 1. The van der Waals surface area contributed by atoms with Gasteiger partial charge in [-0.1, -0.05) is 25.0 Å². The van der Waals surface area contributed by atoms with E-state index in [-0.39, 0.29) is 5.91 Å². The Hall–Kier alpha value is -1.55. The molecule has 0 radical (unpaired) electrons. The highest BCUT2D eigenvalue weighted by Gasteiger charge is 2.53. The summed E-state index contributed by atoms with van der Waals surface area (Å²) in [6.07, 6.45) is 5.46. The molecule has 0 aromatic heterocycles. The number of ether oxygens (including phenoxy) is 1. The van der Waals surface area contributed by atoms with Crippen LogP contribution in [0.2, 0.25) is 0 Å². The number of aliphatic hydroxyl groups is 1. The molecular weight excluding hydrogens is 290 g/mol. The Labute approximate surface area is 138 Å². The molecule has 1 amide bonds. The number of rotatable bonds is 5. The summed E-state index contributed by atoms with van der Waals surface area (Å²) in [6.45, 7) is 2.45. The van der Waals surface area contributed by atoms with Gasteiger partial charge >= 0.3 is 0 Å². The first-order valence-electron chi connectivity index (χ1n) is 8.53. The van der Waals surface area contributed by atoms with E-state index in [2.05, 4.69) is 0 Å². The van der Waals surface area contributed by atoms with E-state index in [0.717, 1.165) is 55.4 Å². The first kappa shape index (κ1) is 16.3. The van der Waals surface area contributed by atoms with Crippen LogP contribution in [0.15, 0.2) is 18.2 Å². The molecule has 4 heteroatoms. The molecule has 0 heterocycles. The van der Waals surface area contributed by atoms with Crippen molar-refractivity contribution in [3.05, 3.63) is 29.3 Å². The molecule has 0 saturated heterocycles. The number of benzene rings is 1. The van der Waals surface area contributed by atoms with Gasteiger partial charge in [0.25, 0.3) is 0 Å². The lowest BCUT2D eigenvalue weighted by molar-refractivity contribution is -0.135. The summed E-state index contributed by atoms with van der Waals surface area (Å²) in [6, 6.07) is 6.06. The van der Waals surface area contributed by atoms with Crippen molar-refractivity contribution in [2.45, 2.75) is 56.5 Å². The summed E-state index contributed by atoms with van der Waals surface area (Å²) in [5.41, 5.74) is 1.01. The smallest absolute Gasteiger partial charge is 0.233 e. The van der Waals surface area contributed by atoms with Crippen LogP contribution in [0, 0.1) is 6.92 Å². The van der Waals surface area contributed by atoms with Gasteiger partial charge in [-0.25, -0.2) is 0 Å². The van der Waals surface area contributed by atoms with E-state index in [4.69, 9.17) is 4.74 Å². The van der Waals surface area contributed by atoms with Crippen LogP contribution in [0.4, 0.5) is 0 Å². The molecule has 1 aromatic rings. The van der Waals surface area contributed by atoms with Crippen molar-refractivity contribution in [1.29, 1.82) is 0 Å². The van der Waals surface area contributed by atoms with E-state index in [1.54, 1.807) is 12.0 Å². The van der Waals surface area contributed by atoms with Crippen molar-refractivity contribution >= 4 is 5.91 Å². The van der Waals surface area contributed by atoms with Gasteiger partial charge in [-0.3, -0.25) is 4.79 Å². The first-order chi connectivity index (χ1) is 10.9. The van der Waals surface area contributed by atoms with Crippen LogP contribution >= 0.6 is 0 Å². The van der Waals surface area contributed by atoms with Crippen molar-refractivity contribution in [1.82, 2.24) is 4.90 Å². The van der Waals surface area contributed by atoms with E-state index in [1.165, 1.54) is 0 Å². The quantitative estimate of drug-likeness (QED) is 0.908. The van der Waals surface area contributed by atoms with Crippen molar-refractivity contribution < 1.29 is 14.6 Å². The molecule has 2 aliphatic carbocycles. The zero-order chi connectivity index (χ0) is 16.7. The molecule has 2 fully saturated rings. The normalized spacial score (nSPS) is 21.0. The minimum absolute atomic E-state index is 0.128. The van der Waals surface area contributed by atoms with E-state index >= 15 is 0 Å². The molecule has 0 atom stereocenters. The fraction of sp³-hybridized carbons (Fsp3) is 0.632. The monoisotopic (exact) mass is 317 g/mol. The lowest BCUT2D eigenvalue weighted by Crippen LogP contribution is -2.45. The molecule has 1 aromatic carbocycles. The third-order valence-corrected chi connectivity index (χ3v) is 5.53. The lowest BCUT2D eigenvalue weighted by Gasteiger charge is -2.31. The second-order valence-electron chi connectivity index (χ2n) is 7.36. The maximum Gasteiger partial charge on any atom is 0.233 e. The maximum atomic E-state index is 13.0. The number of hydrogen-bond donors (Lipinski definition) is 1. The van der Waals surface area contributed by atoms with Gasteiger partial charge in [0.15, 0.2) is 0 Å². The molecule has 0 aliphatic heterocycles. The van der Waals surface area contributed by atoms with Crippen LogP contribution < -0.4 is 4.74 Å². The predicted molar refractivity (Wildman–Crippen MR) is 89.7 cm³/mol. The Balaban J connectivity index is 1.78. The van der Waals surface area contributed by atoms with E-state index in [0.29, 0.717) is 6.54 Å². The fourth-order valence-corrected chi connectivity index (χ4v) is 3.94. The molecule has 3 rings (SSSR count). The third-order valence-electron chi connectivity index (χ3n) is 5.53. The second kappa shape index (κ2) is 5.82. The summed E-state index contributed by atoms with van der Waals surface area (Å²) in [4.78, 5) is 14.8. The predicted octanol–water partition coefficient (Wildman–Crippen LogP) is 2.80. The van der Waals surface area contributed by atoms with Gasteiger partial charge in [0, 0.05) is 13.6 Å². The highest BCUT2D eigenvalue weighted by molar-refractivity contribution is 5.91. The summed E-state index contributed by atoms with van der Waals surface area (Å²) >= 11 is 0. The first-order valence-corrected chi connectivity index (χ1v) is 8.53. The molecule has 23 heavy (non-hydrogen) atoms. The Morgan fingerprint density at radius 3 is 2.48 bits per heavy atom. The summed E-state index contributed by atoms with van der Waals surface area (Å²) in [7, 11) is 3.49. The zero-order valence-corrected chi connectivity index (χ0v) is 14.4. The van der Waals surface area contributed by atoms with Crippen LogP contribution in [0.1, 0.15) is 49.7 Å². The topological polar surface area (TPSA) is 49.8 Å². The minimum Gasteiger partial charge on any atom is -0.496 e. The average molecular weight is 317 g/mol. The van der Waals surface area contributed by atoms with Crippen molar-refractivity contribution in [2.75, 3.05) is 20.7 Å².